The number of amides is 2. The summed E-state index contributed by atoms with van der Waals surface area (Å²) in [7, 11) is 0. The summed E-state index contributed by atoms with van der Waals surface area (Å²) in [5.41, 5.74) is 5.10. The summed E-state index contributed by atoms with van der Waals surface area (Å²) < 4.78 is 6.15. The highest BCUT2D eigenvalue weighted by Crippen LogP contribution is 2.19. The van der Waals surface area contributed by atoms with E-state index in [2.05, 4.69) is 33.4 Å². The third-order valence-corrected chi connectivity index (χ3v) is 4.38. The van der Waals surface area contributed by atoms with Gasteiger partial charge in [0.15, 0.2) is 0 Å². The Balaban J connectivity index is 1.80. The van der Waals surface area contributed by atoms with E-state index in [4.69, 9.17) is 4.42 Å². The number of nitrogens with one attached hydrogen (secondary N) is 2. The molecule has 0 saturated carbocycles. The molecule has 3 rings (SSSR count). The summed E-state index contributed by atoms with van der Waals surface area (Å²) in [5.74, 6) is -1.26. The molecule has 0 atom stereocenters. The lowest BCUT2D eigenvalue weighted by molar-refractivity contribution is 0.0844. The Labute approximate surface area is 163 Å². The molecule has 0 aliphatic carbocycles. The van der Waals surface area contributed by atoms with Crippen molar-refractivity contribution in [1.29, 1.82) is 0 Å². The van der Waals surface area contributed by atoms with E-state index in [-0.39, 0.29) is 5.56 Å². The van der Waals surface area contributed by atoms with Crippen molar-refractivity contribution in [2.24, 2.45) is 0 Å². The van der Waals surface area contributed by atoms with Gasteiger partial charge in [0.1, 0.15) is 11.1 Å². The zero-order valence-corrected chi connectivity index (χ0v) is 15.7. The first kappa shape index (κ1) is 18.6. The van der Waals surface area contributed by atoms with Crippen molar-refractivity contribution in [3.8, 4) is 0 Å². The quantitative estimate of drug-likeness (QED) is 0.380. The van der Waals surface area contributed by atoms with Gasteiger partial charge in [0.2, 0.25) is 0 Å². The normalized spacial score (nSPS) is 10.4. The van der Waals surface area contributed by atoms with Crippen LogP contribution in [0.1, 0.15) is 26.3 Å². The van der Waals surface area contributed by atoms with Crippen molar-refractivity contribution in [3.63, 3.8) is 0 Å². The molecule has 0 aliphatic heterocycles. The van der Waals surface area contributed by atoms with E-state index >= 15 is 0 Å². The zero-order valence-electron chi connectivity index (χ0n) is 14.1. The van der Waals surface area contributed by atoms with Gasteiger partial charge in [-0.2, -0.15) is 0 Å². The molecule has 0 aliphatic rings. The fraction of sp³-hybridized carbons (Fsp3) is 0.0500. The molecular formula is C20H15BrN2O4. The van der Waals surface area contributed by atoms with Crippen LogP contribution in [0.2, 0.25) is 0 Å². The highest BCUT2D eigenvalue weighted by molar-refractivity contribution is 9.10. The highest BCUT2D eigenvalue weighted by atomic mass is 79.9. The molecular weight excluding hydrogens is 412 g/mol. The van der Waals surface area contributed by atoms with Gasteiger partial charge in [0.25, 0.3) is 11.8 Å². The largest absolute Gasteiger partial charge is 0.422 e. The number of allylic oxidation sites excluding steroid dienone is 1. The van der Waals surface area contributed by atoms with Crippen LogP contribution >= 0.6 is 15.9 Å². The van der Waals surface area contributed by atoms with Crippen LogP contribution in [0.5, 0.6) is 0 Å². The van der Waals surface area contributed by atoms with E-state index < -0.39 is 17.4 Å². The number of hydrogen-bond acceptors (Lipinski definition) is 4. The first-order valence-electron chi connectivity index (χ1n) is 8.02. The number of rotatable bonds is 4. The minimum Gasteiger partial charge on any atom is -0.422 e. The lowest BCUT2D eigenvalue weighted by Gasteiger charge is -2.08. The molecule has 7 heteroatoms. The Kier molecular flexibility index (Phi) is 5.52. The summed E-state index contributed by atoms with van der Waals surface area (Å²) in [6, 6.07) is 13.4. The smallest absolute Gasteiger partial charge is 0.349 e. The van der Waals surface area contributed by atoms with E-state index in [1.165, 1.54) is 6.07 Å². The number of benzene rings is 2. The number of hydrazine groups is 1. The van der Waals surface area contributed by atoms with Crippen LogP contribution in [-0.4, -0.2) is 11.8 Å². The van der Waals surface area contributed by atoms with E-state index in [0.29, 0.717) is 23.0 Å². The van der Waals surface area contributed by atoms with Crippen LogP contribution in [0.25, 0.3) is 11.0 Å². The predicted octanol–water partition coefficient (Wildman–Crippen LogP) is 3.36. The molecule has 0 spiro atoms. The van der Waals surface area contributed by atoms with Gasteiger partial charge >= 0.3 is 5.63 Å². The first-order valence-corrected chi connectivity index (χ1v) is 8.82. The average Bonchev–Trinajstić information content (AvgIpc) is 2.66. The second-order valence-corrected chi connectivity index (χ2v) is 6.61. The molecule has 0 unspecified atom stereocenters. The Morgan fingerprint density at radius 3 is 2.48 bits per heavy atom. The summed E-state index contributed by atoms with van der Waals surface area (Å²) >= 11 is 3.28. The fourth-order valence-corrected chi connectivity index (χ4v) is 2.80. The average molecular weight is 427 g/mol. The van der Waals surface area contributed by atoms with Crippen LogP contribution in [0, 0.1) is 0 Å². The monoisotopic (exact) mass is 426 g/mol. The Morgan fingerprint density at radius 2 is 1.78 bits per heavy atom. The van der Waals surface area contributed by atoms with E-state index in [9.17, 15) is 14.4 Å². The van der Waals surface area contributed by atoms with Crippen LogP contribution < -0.4 is 16.5 Å². The van der Waals surface area contributed by atoms with Crippen molar-refractivity contribution >= 4 is 38.7 Å². The molecule has 0 radical (unpaired) electrons. The van der Waals surface area contributed by atoms with Gasteiger partial charge in [0.05, 0.1) is 0 Å². The maximum Gasteiger partial charge on any atom is 0.349 e. The number of fused-ring (bicyclic) bond motifs is 1. The third kappa shape index (κ3) is 4.15. The first-order chi connectivity index (χ1) is 13.0. The lowest BCUT2D eigenvalue weighted by atomic mass is 10.1. The van der Waals surface area contributed by atoms with Crippen LogP contribution in [-0.2, 0) is 6.42 Å². The summed E-state index contributed by atoms with van der Waals surface area (Å²) in [5, 5.41) is 0.610. The van der Waals surface area contributed by atoms with Gasteiger partial charge in [-0.15, -0.1) is 6.58 Å². The van der Waals surface area contributed by atoms with Crippen molar-refractivity contribution in [3.05, 3.63) is 92.8 Å². The fourth-order valence-electron chi connectivity index (χ4n) is 2.53. The minimum atomic E-state index is -0.783. The Morgan fingerprint density at radius 1 is 1.07 bits per heavy atom. The van der Waals surface area contributed by atoms with E-state index in [1.807, 2.05) is 6.07 Å². The van der Waals surface area contributed by atoms with Crippen molar-refractivity contribution < 1.29 is 14.0 Å². The number of carbonyl (C=O) groups is 2. The van der Waals surface area contributed by atoms with Crippen LogP contribution in [0.15, 0.2) is 74.9 Å². The van der Waals surface area contributed by atoms with Crippen LogP contribution in [0.3, 0.4) is 0 Å². The summed E-state index contributed by atoms with van der Waals surface area (Å²) in [6.45, 7) is 3.67. The summed E-state index contributed by atoms with van der Waals surface area (Å²) in [4.78, 5) is 36.6. The van der Waals surface area contributed by atoms with E-state index in [1.54, 1.807) is 42.5 Å². The zero-order chi connectivity index (χ0) is 19.4. The number of halogens is 1. The van der Waals surface area contributed by atoms with Crippen molar-refractivity contribution in [1.82, 2.24) is 10.9 Å². The maximum atomic E-state index is 12.3. The third-order valence-electron chi connectivity index (χ3n) is 3.85. The molecule has 0 fully saturated rings. The van der Waals surface area contributed by atoms with Gasteiger partial charge in [0, 0.05) is 15.4 Å². The molecule has 27 heavy (non-hydrogen) atoms. The molecule has 1 aromatic heterocycles. The second-order valence-electron chi connectivity index (χ2n) is 5.69. The van der Waals surface area contributed by atoms with Crippen molar-refractivity contribution in [2.75, 3.05) is 0 Å². The van der Waals surface area contributed by atoms with Crippen LogP contribution in [0.4, 0.5) is 0 Å². The van der Waals surface area contributed by atoms with Gasteiger partial charge in [-0.25, -0.2) is 4.79 Å². The molecule has 3 aromatic rings. The molecule has 2 amide bonds. The van der Waals surface area contributed by atoms with Gasteiger partial charge in [-0.1, -0.05) is 40.2 Å². The lowest BCUT2D eigenvalue weighted by Crippen LogP contribution is -2.43. The molecule has 0 saturated heterocycles. The summed E-state index contributed by atoms with van der Waals surface area (Å²) in [6.07, 6.45) is 2.24. The SMILES string of the molecule is C=CCc1cccc2cc(C(=O)NNC(=O)c3ccc(Br)cc3)c(=O)oc12. The number of para-hydroxylation sites is 1. The molecule has 2 aromatic carbocycles. The highest BCUT2D eigenvalue weighted by Gasteiger charge is 2.16. The molecule has 1 heterocycles. The topological polar surface area (TPSA) is 88.4 Å². The second kappa shape index (κ2) is 8.01. The maximum absolute atomic E-state index is 12.3. The van der Waals surface area contributed by atoms with Crippen molar-refractivity contribution in [2.45, 2.75) is 6.42 Å². The number of carbonyl (C=O) groups excluding carboxylic acids is 2. The number of hydrogen-bond donors (Lipinski definition) is 2. The minimum absolute atomic E-state index is 0.200. The molecule has 6 nitrogen and oxygen atoms in total. The molecule has 0 bridgehead atoms. The standard InChI is InChI=1S/C20H15BrN2O4/c1-2-4-12-5-3-6-14-11-16(20(26)27-17(12)14)19(25)23-22-18(24)13-7-9-15(21)10-8-13/h2-3,5-11H,1,4H2,(H,22,24)(H,23,25). The predicted molar refractivity (Wildman–Crippen MR) is 105 cm³/mol. The van der Waals surface area contributed by atoms with E-state index in [0.717, 1.165) is 10.0 Å². The Bertz CT molecular complexity index is 1090. The van der Waals surface area contributed by atoms with Gasteiger partial charge < -0.3 is 4.42 Å². The molecule has 136 valence electrons. The van der Waals surface area contributed by atoms with Gasteiger partial charge in [-0.3, -0.25) is 20.4 Å². The Hall–Kier alpha value is -3.19. The molecule has 2 N–H and O–H groups in total. The van der Waals surface area contributed by atoms with Gasteiger partial charge in [-0.05, 0) is 42.3 Å².